The van der Waals surface area contributed by atoms with Crippen molar-refractivity contribution in [2.45, 2.75) is 0 Å². The Morgan fingerprint density at radius 2 is 1.89 bits per heavy atom. The molecule has 5 nitrogen and oxygen atoms in total. The van der Waals surface area contributed by atoms with Gasteiger partial charge in [-0.2, -0.15) is 0 Å². The Morgan fingerprint density at radius 3 is 2.61 bits per heavy atom. The second-order valence-electron chi connectivity index (χ2n) is 6.05. The minimum atomic E-state index is -0.342. The van der Waals surface area contributed by atoms with Gasteiger partial charge in [0.1, 0.15) is 17.1 Å². The number of amides is 1. The van der Waals surface area contributed by atoms with Gasteiger partial charge >= 0.3 is 0 Å². The lowest BCUT2D eigenvalue weighted by molar-refractivity contribution is 0.102. The highest BCUT2D eigenvalue weighted by Gasteiger charge is 2.15. The third-order valence-corrected chi connectivity index (χ3v) is 4.55. The van der Waals surface area contributed by atoms with E-state index in [0.29, 0.717) is 44.2 Å². The summed E-state index contributed by atoms with van der Waals surface area (Å²) in [6.45, 7) is 0. The molecular weight excluding hydrogens is 383 g/mol. The van der Waals surface area contributed by atoms with Gasteiger partial charge in [0.25, 0.3) is 5.91 Å². The maximum absolute atomic E-state index is 13.2. The normalized spacial score (nSPS) is 10.8. The fourth-order valence-electron chi connectivity index (χ4n) is 2.84. The number of benzene rings is 3. The second-order valence-corrected chi connectivity index (χ2v) is 6.46. The van der Waals surface area contributed by atoms with Gasteiger partial charge in [0, 0.05) is 16.8 Å². The van der Waals surface area contributed by atoms with Crippen LogP contribution in [0.5, 0.6) is 5.75 Å². The number of carbonyl (C=O) groups is 1. The van der Waals surface area contributed by atoms with Crippen molar-refractivity contribution in [3.63, 3.8) is 0 Å². The molecule has 0 atom stereocenters. The molecule has 4 aromatic rings. The number of ether oxygens (including phenoxy) is 1. The first-order chi connectivity index (χ1) is 13.5. The van der Waals surface area contributed by atoms with Crippen LogP contribution in [0.15, 0.2) is 65.2 Å². The first kappa shape index (κ1) is 18.0. The van der Waals surface area contributed by atoms with Gasteiger partial charge < -0.3 is 14.6 Å². The van der Waals surface area contributed by atoms with E-state index in [1.165, 1.54) is 19.2 Å². The highest BCUT2D eigenvalue weighted by molar-refractivity contribution is 6.32. The second kappa shape index (κ2) is 7.32. The number of nitrogens with one attached hydrogen (secondary N) is 1. The molecule has 0 saturated heterocycles. The van der Waals surface area contributed by atoms with Crippen molar-refractivity contribution in [1.29, 1.82) is 0 Å². The van der Waals surface area contributed by atoms with Crippen molar-refractivity contribution in [3.8, 4) is 17.1 Å². The highest BCUT2D eigenvalue weighted by Crippen LogP contribution is 2.30. The molecular formula is C21H14ClFN2O3. The van der Waals surface area contributed by atoms with E-state index in [2.05, 4.69) is 10.5 Å². The predicted octanol–water partition coefficient (Wildman–Crippen LogP) is 5.55. The Hall–Kier alpha value is -3.38. The SMILES string of the molecule is COc1ccc(NC(=O)c2ccc3noc(-c4ccc(F)cc4)c3c2)cc1Cl. The number of fused-ring (bicyclic) bond motifs is 1. The molecule has 7 heteroatoms. The van der Waals surface area contributed by atoms with Crippen molar-refractivity contribution < 1.29 is 18.4 Å². The summed E-state index contributed by atoms with van der Waals surface area (Å²) in [5.41, 5.74) is 2.23. The molecule has 0 aliphatic rings. The lowest BCUT2D eigenvalue weighted by Gasteiger charge is -2.08. The fraction of sp³-hybridized carbons (Fsp3) is 0.0476. The zero-order valence-corrected chi connectivity index (χ0v) is 15.5. The summed E-state index contributed by atoms with van der Waals surface area (Å²) in [6.07, 6.45) is 0. The minimum Gasteiger partial charge on any atom is -0.495 e. The van der Waals surface area contributed by atoms with Gasteiger partial charge in [0.15, 0.2) is 5.76 Å². The van der Waals surface area contributed by atoms with E-state index < -0.39 is 0 Å². The zero-order chi connectivity index (χ0) is 19.7. The van der Waals surface area contributed by atoms with Crippen molar-refractivity contribution >= 4 is 34.1 Å². The largest absolute Gasteiger partial charge is 0.495 e. The maximum atomic E-state index is 13.2. The standard InChI is InChI=1S/C21H14ClFN2O3/c1-27-19-9-7-15(11-17(19)22)24-21(26)13-4-8-18-16(10-13)20(28-25-18)12-2-5-14(23)6-3-12/h2-11H,1H3,(H,24,26). The number of methoxy groups -OCH3 is 1. The Kier molecular flexibility index (Phi) is 4.71. The third-order valence-electron chi connectivity index (χ3n) is 4.25. The van der Waals surface area contributed by atoms with Gasteiger partial charge in [-0.15, -0.1) is 0 Å². The van der Waals surface area contributed by atoms with Crippen molar-refractivity contribution in [3.05, 3.63) is 77.1 Å². The smallest absolute Gasteiger partial charge is 0.255 e. The zero-order valence-electron chi connectivity index (χ0n) is 14.7. The van der Waals surface area contributed by atoms with Gasteiger partial charge in [0.2, 0.25) is 0 Å². The van der Waals surface area contributed by atoms with E-state index in [4.69, 9.17) is 20.9 Å². The van der Waals surface area contributed by atoms with Crippen molar-refractivity contribution in [2.24, 2.45) is 0 Å². The summed E-state index contributed by atoms with van der Waals surface area (Å²) < 4.78 is 23.7. The molecule has 0 aliphatic heterocycles. The molecule has 3 aromatic carbocycles. The van der Waals surface area contributed by atoms with Crippen LogP contribution in [-0.4, -0.2) is 18.2 Å². The Labute approximate surface area is 164 Å². The number of anilines is 1. The lowest BCUT2D eigenvalue weighted by atomic mass is 10.1. The van der Waals surface area contributed by atoms with E-state index in [0.717, 1.165) is 0 Å². The van der Waals surface area contributed by atoms with E-state index in [-0.39, 0.29) is 11.7 Å². The maximum Gasteiger partial charge on any atom is 0.255 e. The van der Waals surface area contributed by atoms with Crippen LogP contribution in [0.3, 0.4) is 0 Å². The number of halogens is 2. The van der Waals surface area contributed by atoms with Gasteiger partial charge in [-0.1, -0.05) is 16.8 Å². The molecule has 0 saturated carbocycles. The summed E-state index contributed by atoms with van der Waals surface area (Å²) in [5, 5.41) is 7.85. The molecule has 1 amide bonds. The van der Waals surface area contributed by atoms with Gasteiger partial charge in [-0.3, -0.25) is 4.79 Å². The predicted molar refractivity (Wildman–Crippen MR) is 105 cm³/mol. The summed E-state index contributed by atoms with van der Waals surface area (Å²) in [6, 6.07) is 15.9. The fourth-order valence-corrected chi connectivity index (χ4v) is 3.10. The van der Waals surface area contributed by atoms with Crippen LogP contribution in [0.25, 0.3) is 22.2 Å². The van der Waals surface area contributed by atoms with Crippen molar-refractivity contribution in [1.82, 2.24) is 5.16 Å². The molecule has 0 unspecified atom stereocenters. The summed E-state index contributed by atoms with van der Waals surface area (Å²) >= 11 is 6.10. The molecule has 4 rings (SSSR count). The molecule has 28 heavy (non-hydrogen) atoms. The third kappa shape index (κ3) is 3.42. The van der Waals surface area contributed by atoms with Gasteiger partial charge in [-0.25, -0.2) is 4.39 Å². The molecule has 1 aromatic heterocycles. The molecule has 1 heterocycles. The van der Waals surface area contributed by atoms with E-state index in [9.17, 15) is 9.18 Å². The number of hydrogen-bond donors (Lipinski definition) is 1. The van der Waals surface area contributed by atoms with Crippen LogP contribution in [-0.2, 0) is 0 Å². The monoisotopic (exact) mass is 396 g/mol. The van der Waals surface area contributed by atoms with Crippen LogP contribution in [0, 0.1) is 5.82 Å². The molecule has 0 aliphatic carbocycles. The van der Waals surface area contributed by atoms with Crippen LogP contribution >= 0.6 is 11.6 Å². The highest BCUT2D eigenvalue weighted by atomic mass is 35.5. The first-order valence-electron chi connectivity index (χ1n) is 8.35. The molecule has 0 radical (unpaired) electrons. The molecule has 1 N–H and O–H groups in total. The molecule has 140 valence electrons. The topological polar surface area (TPSA) is 64.4 Å². The lowest BCUT2D eigenvalue weighted by Crippen LogP contribution is -2.11. The van der Waals surface area contributed by atoms with Crippen LogP contribution in [0.4, 0.5) is 10.1 Å². The number of carbonyl (C=O) groups excluding carboxylic acids is 1. The summed E-state index contributed by atoms with van der Waals surface area (Å²) in [7, 11) is 1.52. The van der Waals surface area contributed by atoms with Crippen LogP contribution in [0.1, 0.15) is 10.4 Å². The molecule has 0 bridgehead atoms. The van der Waals surface area contributed by atoms with Gasteiger partial charge in [0.05, 0.1) is 17.5 Å². The molecule has 0 spiro atoms. The van der Waals surface area contributed by atoms with Crippen LogP contribution in [0.2, 0.25) is 5.02 Å². The Bertz CT molecular complexity index is 1170. The van der Waals surface area contributed by atoms with Crippen molar-refractivity contribution in [2.75, 3.05) is 12.4 Å². The quantitative estimate of drug-likeness (QED) is 0.491. The number of nitrogens with zero attached hydrogens (tertiary/aromatic N) is 1. The average Bonchev–Trinajstić information content (AvgIpc) is 3.12. The van der Waals surface area contributed by atoms with Crippen LogP contribution < -0.4 is 10.1 Å². The van der Waals surface area contributed by atoms with E-state index in [1.807, 2.05) is 0 Å². The van der Waals surface area contributed by atoms with Gasteiger partial charge in [-0.05, 0) is 60.7 Å². The molecule has 0 fully saturated rings. The summed E-state index contributed by atoms with van der Waals surface area (Å²) in [5.74, 6) is 0.340. The Balaban J connectivity index is 1.65. The van der Waals surface area contributed by atoms with E-state index in [1.54, 1.807) is 48.5 Å². The summed E-state index contributed by atoms with van der Waals surface area (Å²) in [4.78, 5) is 12.7. The Morgan fingerprint density at radius 1 is 1.11 bits per heavy atom. The minimum absolute atomic E-state index is 0.311. The number of aromatic nitrogens is 1. The number of hydrogen-bond acceptors (Lipinski definition) is 4. The average molecular weight is 397 g/mol. The first-order valence-corrected chi connectivity index (χ1v) is 8.73. The van der Waals surface area contributed by atoms with E-state index >= 15 is 0 Å². The number of rotatable bonds is 4.